The number of hydrogen-bond acceptors (Lipinski definition) is 5. The van der Waals surface area contributed by atoms with Crippen LogP contribution in [0.4, 0.5) is 5.69 Å². The van der Waals surface area contributed by atoms with E-state index >= 15 is 0 Å². The van der Waals surface area contributed by atoms with Crippen molar-refractivity contribution in [2.45, 2.75) is 17.6 Å². The van der Waals surface area contributed by atoms with Crippen LogP contribution in [0.2, 0.25) is 0 Å². The lowest BCUT2D eigenvalue weighted by Crippen LogP contribution is -2.10. The van der Waals surface area contributed by atoms with Gasteiger partial charge in [0.1, 0.15) is 0 Å². The Labute approximate surface area is 130 Å². The molecule has 1 aliphatic heterocycles. The van der Waals surface area contributed by atoms with Gasteiger partial charge < -0.3 is 10.5 Å². The van der Waals surface area contributed by atoms with Gasteiger partial charge in [0.15, 0.2) is 0 Å². The van der Waals surface area contributed by atoms with E-state index in [9.17, 15) is 4.79 Å². The van der Waals surface area contributed by atoms with Crippen molar-refractivity contribution in [3.05, 3.63) is 46.3 Å². The maximum atomic E-state index is 12.3. The number of anilines is 1. The van der Waals surface area contributed by atoms with E-state index < -0.39 is 0 Å². The number of thioether (sulfide) groups is 1. The highest BCUT2D eigenvalue weighted by molar-refractivity contribution is 8.01. The van der Waals surface area contributed by atoms with Gasteiger partial charge in [-0.05, 0) is 25.1 Å². The van der Waals surface area contributed by atoms with Crippen LogP contribution in [0, 0.1) is 6.92 Å². The molecule has 1 aromatic heterocycles. The Morgan fingerprint density at radius 3 is 2.81 bits per heavy atom. The zero-order chi connectivity index (χ0) is 14.8. The SMILES string of the molecule is Cc1ccc(NC(=O)c2cc3c(s2)SCCC3=NO)cc1. The largest absolute Gasteiger partial charge is 0.411 e. The van der Waals surface area contributed by atoms with E-state index in [1.807, 2.05) is 37.3 Å². The predicted molar refractivity (Wildman–Crippen MR) is 87.1 cm³/mol. The average molecular weight is 318 g/mol. The Morgan fingerprint density at radius 1 is 1.33 bits per heavy atom. The van der Waals surface area contributed by atoms with Crippen LogP contribution in [-0.4, -0.2) is 22.6 Å². The Bertz CT molecular complexity index is 705. The number of rotatable bonds is 2. The molecule has 0 atom stereocenters. The minimum absolute atomic E-state index is 0.129. The number of fused-ring (bicyclic) bond motifs is 1. The summed E-state index contributed by atoms with van der Waals surface area (Å²) in [6.45, 7) is 2.01. The second-order valence-corrected chi connectivity index (χ2v) is 7.19. The molecule has 0 fully saturated rings. The lowest BCUT2D eigenvalue weighted by molar-refractivity contribution is 0.103. The molecule has 21 heavy (non-hydrogen) atoms. The smallest absolute Gasteiger partial charge is 0.265 e. The number of nitrogens with zero attached hydrogens (tertiary/aromatic N) is 1. The molecule has 0 saturated heterocycles. The average Bonchev–Trinajstić information content (AvgIpc) is 2.93. The van der Waals surface area contributed by atoms with Crippen molar-refractivity contribution in [3.63, 3.8) is 0 Å². The van der Waals surface area contributed by atoms with Crippen molar-refractivity contribution in [3.8, 4) is 0 Å². The summed E-state index contributed by atoms with van der Waals surface area (Å²) < 4.78 is 1.04. The summed E-state index contributed by atoms with van der Waals surface area (Å²) in [5.74, 6) is 0.752. The fraction of sp³-hybridized carbons (Fsp3) is 0.200. The van der Waals surface area contributed by atoms with Gasteiger partial charge in [0.05, 0.1) is 14.8 Å². The van der Waals surface area contributed by atoms with Crippen LogP contribution in [0.15, 0.2) is 39.7 Å². The van der Waals surface area contributed by atoms with Crippen LogP contribution in [0.5, 0.6) is 0 Å². The Balaban J connectivity index is 1.82. The van der Waals surface area contributed by atoms with E-state index in [1.54, 1.807) is 11.8 Å². The van der Waals surface area contributed by atoms with Gasteiger partial charge in [0.25, 0.3) is 5.91 Å². The Kier molecular flexibility index (Phi) is 3.98. The first-order valence-electron chi connectivity index (χ1n) is 6.53. The molecule has 0 aliphatic carbocycles. The third-order valence-corrected chi connectivity index (χ3v) is 5.66. The summed E-state index contributed by atoms with van der Waals surface area (Å²) in [5.41, 5.74) is 3.47. The number of nitrogens with one attached hydrogen (secondary N) is 1. The number of thiophene rings is 1. The zero-order valence-corrected chi connectivity index (χ0v) is 13.1. The molecular formula is C15H14N2O2S2. The van der Waals surface area contributed by atoms with Crippen LogP contribution < -0.4 is 5.32 Å². The summed E-state index contributed by atoms with van der Waals surface area (Å²) in [5, 5.41) is 15.3. The van der Waals surface area contributed by atoms with E-state index in [0.717, 1.165) is 33.2 Å². The second-order valence-electron chi connectivity index (χ2n) is 4.78. The zero-order valence-electron chi connectivity index (χ0n) is 11.4. The topological polar surface area (TPSA) is 61.7 Å². The number of oxime groups is 1. The van der Waals surface area contributed by atoms with E-state index in [2.05, 4.69) is 10.5 Å². The van der Waals surface area contributed by atoms with Gasteiger partial charge in [0, 0.05) is 23.4 Å². The number of aryl methyl sites for hydroxylation is 1. The Morgan fingerprint density at radius 2 is 2.10 bits per heavy atom. The van der Waals surface area contributed by atoms with Gasteiger partial charge in [-0.3, -0.25) is 4.79 Å². The number of carbonyl (C=O) groups is 1. The molecule has 1 amide bonds. The first-order valence-corrected chi connectivity index (χ1v) is 8.33. The van der Waals surface area contributed by atoms with Gasteiger partial charge >= 0.3 is 0 Å². The maximum Gasteiger partial charge on any atom is 0.265 e. The number of benzene rings is 1. The van der Waals surface area contributed by atoms with Gasteiger partial charge in [-0.1, -0.05) is 22.9 Å². The van der Waals surface area contributed by atoms with E-state index in [-0.39, 0.29) is 5.91 Å². The molecule has 4 nitrogen and oxygen atoms in total. The minimum atomic E-state index is -0.129. The summed E-state index contributed by atoms with van der Waals surface area (Å²) in [6, 6.07) is 9.50. The maximum absolute atomic E-state index is 12.3. The Hall–Kier alpha value is -1.79. The lowest BCUT2D eigenvalue weighted by atomic mass is 10.1. The molecule has 0 radical (unpaired) electrons. The third-order valence-electron chi connectivity index (χ3n) is 3.23. The highest BCUT2D eigenvalue weighted by Gasteiger charge is 2.22. The lowest BCUT2D eigenvalue weighted by Gasteiger charge is -2.10. The molecule has 0 spiro atoms. The molecule has 2 aromatic rings. The third kappa shape index (κ3) is 2.96. The fourth-order valence-corrected chi connectivity index (χ4v) is 4.48. The van der Waals surface area contributed by atoms with Crippen LogP contribution in [-0.2, 0) is 0 Å². The second kappa shape index (κ2) is 5.91. The minimum Gasteiger partial charge on any atom is -0.411 e. The van der Waals surface area contributed by atoms with Crippen LogP contribution >= 0.6 is 23.1 Å². The quantitative estimate of drug-likeness (QED) is 0.650. The van der Waals surface area contributed by atoms with Crippen LogP contribution in [0.25, 0.3) is 0 Å². The normalized spacial score (nSPS) is 15.8. The van der Waals surface area contributed by atoms with E-state index in [1.165, 1.54) is 11.3 Å². The molecule has 0 saturated carbocycles. The van der Waals surface area contributed by atoms with Crippen molar-refractivity contribution in [1.82, 2.24) is 0 Å². The number of carbonyl (C=O) groups excluding carboxylic acids is 1. The molecule has 0 bridgehead atoms. The van der Waals surface area contributed by atoms with Crippen molar-refractivity contribution >= 4 is 40.4 Å². The summed E-state index contributed by atoms with van der Waals surface area (Å²) >= 11 is 3.14. The monoisotopic (exact) mass is 318 g/mol. The van der Waals surface area contributed by atoms with E-state index in [0.29, 0.717) is 10.6 Å². The van der Waals surface area contributed by atoms with E-state index in [4.69, 9.17) is 5.21 Å². The molecular weight excluding hydrogens is 304 g/mol. The molecule has 2 N–H and O–H groups in total. The molecule has 1 aliphatic rings. The van der Waals surface area contributed by atoms with Gasteiger partial charge in [-0.2, -0.15) is 0 Å². The standard InChI is InChI=1S/C15H14N2O2S2/c1-9-2-4-10(5-3-9)16-14(18)13-8-11-12(17-19)6-7-20-15(11)21-13/h2-5,8,19H,6-7H2,1H3,(H,16,18). The predicted octanol–water partition coefficient (Wildman–Crippen LogP) is 3.98. The first kappa shape index (κ1) is 14.2. The summed E-state index contributed by atoms with van der Waals surface area (Å²) in [6.07, 6.45) is 0.726. The van der Waals surface area contributed by atoms with Crippen molar-refractivity contribution in [2.24, 2.45) is 5.16 Å². The molecule has 2 heterocycles. The molecule has 1 aromatic carbocycles. The molecule has 108 valence electrons. The van der Waals surface area contributed by atoms with Gasteiger partial charge in [-0.25, -0.2) is 0 Å². The molecule has 0 unspecified atom stereocenters. The highest BCUT2D eigenvalue weighted by atomic mass is 32.2. The fourth-order valence-electron chi connectivity index (χ4n) is 2.10. The van der Waals surface area contributed by atoms with Crippen molar-refractivity contribution in [1.29, 1.82) is 0 Å². The van der Waals surface area contributed by atoms with Crippen molar-refractivity contribution < 1.29 is 10.0 Å². The summed E-state index contributed by atoms with van der Waals surface area (Å²) in [7, 11) is 0. The van der Waals surface area contributed by atoms with Gasteiger partial charge in [-0.15, -0.1) is 23.1 Å². The summed E-state index contributed by atoms with van der Waals surface area (Å²) in [4.78, 5) is 12.9. The van der Waals surface area contributed by atoms with Crippen LogP contribution in [0.3, 0.4) is 0 Å². The van der Waals surface area contributed by atoms with Crippen molar-refractivity contribution in [2.75, 3.05) is 11.1 Å². The first-order chi connectivity index (χ1) is 10.2. The van der Waals surface area contributed by atoms with Crippen LogP contribution in [0.1, 0.15) is 27.2 Å². The number of amides is 1. The number of hydrogen-bond donors (Lipinski definition) is 2. The molecule has 6 heteroatoms. The molecule has 3 rings (SSSR count). The van der Waals surface area contributed by atoms with Gasteiger partial charge in [0.2, 0.25) is 0 Å². The highest BCUT2D eigenvalue weighted by Crippen LogP contribution is 2.37.